The van der Waals surface area contributed by atoms with Crippen LogP contribution >= 0.6 is 34.8 Å². The third-order valence-electron chi connectivity index (χ3n) is 6.30. The highest BCUT2D eigenvalue weighted by Gasteiger charge is 2.46. The zero-order chi connectivity index (χ0) is 19.1. The van der Waals surface area contributed by atoms with Gasteiger partial charge in [0.05, 0.1) is 0 Å². The van der Waals surface area contributed by atoms with E-state index in [4.69, 9.17) is 34.8 Å². The Morgan fingerprint density at radius 3 is 2.33 bits per heavy atom. The molecule has 1 amide bonds. The van der Waals surface area contributed by atoms with E-state index in [-0.39, 0.29) is 5.91 Å². The van der Waals surface area contributed by atoms with Gasteiger partial charge in [-0.1, -0.05) is 53.0 Å². The summed E-state index contributed by atoms with van der Waals surface area (Å²) in [6.07, 6.45) is 2.17. The number of hydrogen-bond acceptors (Lipinski definition) is 1. The van der Waals surface area contributed by atoms with Gasteiger partial charge in [0.2, 0.25) is 5.91 Å². The van der Waals surface area contributed by atoms with Gasteiger partial charge in [0.25, 0.3) is 0 Å². The molecule has 1 saturated carbocycles. The van der Waals surface area contributed by atoms with Gasteiger partial charge in [-0.25, -0.2) is 0 Å². The van der Waals surface area contributed by atoms with Crippen molar-refractivity contribution >= 4 is 40.7 Å². The molecular formula is C22H22Cl3NO. The second-order valence-electron chi connectivity index (χ2n) is 7.77. The lowest BCUT2D eigenvalue weighted by molar-refractivity contribution is -0.128. The summed E-state index contributed by atoms with van der Waals surface area (Å²) in [5.41, 5.74) is 2.43. The number of hydrogen-bond donors (Lipinski definition) is 0. The van der Waals surface area contributed by atoms with Crippen LogP contribution in [-0.4, -0.2) is 23.9 Å². The van der Waals surface area contributed by atoms with E-state index in [0.29, 0.717) is 28.7 Å². The van der Waals surface area contributed by atoms with Crippen molar-refractivity contribution in [1.82, 2.24) is 4.90 Å². The van der Waals surface area contributed by atoms with Gasteiger partial charge in [-0.15, -0.1) is 0 Å². The Labute approximate surface area is 175 Å². The number of benzene rings is 2. The van der Waals surface area contributed by atoms with E-state index in [2.05, 4.69) is 18.2 Å². The maximum atomic E-state index is 12.0. The van der Waals surface area contributed by atoms with Gasteiger partial charge < -0.3 is 4.90 Å². The molecule has 1 saturated heterocycles. The molecule has 1 heterocycles. The Hall–Kier alpha value is -1.22. The number of amides is 1. The normalized spacial score (nSPS) is 27.5. The van der Waals surface area contributed by atoms with Crippen LogP contribution in [0.2, 0.25) is 15.1 Å². The molecule has 2 aromatic carbocycles. The minimum absolute atomic E-state index is 0.167. The van der Waals surface area contributed by atoms with Crippen LogP contribution in [0.5, 0.6) is 0 Å². The summed E-state index contributed by atoms with van der Waals surface area (Å²) in [6.45, 7) is 3.35. The molecule has 0 spiro atoms. The SMILES string of the molecule is CC(=O)N1CC2CCC(c3ccc(Cl)cc3Cl)C(c3ccc(Cl)cc3)C2C1. The maximum absolute atomic E-state index is 12.0. The van der Waals surface area contributed by atoms with Gasteiger partial charge in [0.15, 0.2) is 0 Å². The van der Waals surface area contributed by atoms with Crippen molar-refractivity contribution in [3.8, 4) is 0 Å². The molecule has 0 bridgehead atoms. The standard InChI is InChI=1S/C22H22Cl3NO/c1-13(27)26-11-15-4-8-19(18-9-7-17(24)10-21(18)25)22(20(15)12-26)14-2-5-16(23)6-3-14/h2-3,5-7,9-10,15,19-20,22H,4,8,11-12H2,1H3. The van der Waals surface area contributed by atoms with E-state index in [9.17, 15) is 4.79 Å². The number of carbonyl (C=O) groups is 1. The summed E-state index contributed by atoms with van der Waals surface area (Å²) in [4.78, 5) is 14.0. The van der Waals surface area contributed by atoms with Crippen LogP contribution in [0, 0.1) is 11.8 Å². The lowest BCUT2D eigenvalue weighted by Gasteiger charge is -2.40. The molecule has 4 atom stereocenters. The molecule has 1 aliphatic heterocycles. The Kier molecular flexibility index (Phi) is 5.42. The zero-order valence-corrected chi connectivity index (χ0v) is 17.4. The van der Waals surface area contributed by atoms with Crippen LogP contribution in [0.4, 0.5) is 0 Å². The molecular weight excluding hydrogens is 401 g/mol. The second kappa shape index (κ2) is 7.66. The Balaban J connectivity index is 1.76. The fourth-order valence-electron chi connectivity index (χ4n) is 5.05. The Morgan fingerprint density at radius 1 is 0.963 bits per heavy atom. The molecule has 2 nitrogen and oxygen atoms in total. The van der Waals surface area contributed by atoms with E-state index in [1.54, 1.807) is 6.92 Å². The van der Waals surface area contributed by atoms with Crippen LogP contribution in [0.3, 0.4) is 0 Å². The van der Waals surface area contributed by atoms with Crippen LogP contribution < -0.4 is 0 Å². The number of rotatable bonds is 2. The predicted octanol–water partition coefficient (Wildman–Crippen LogP) is 6.40. The summed E-state index contributed by atoms with van der Waals surface area (Å²) in [5, 5.41) is 2.12. The Bertz CT molecular complexity index is 851. The zero-order valence-electron chi connectivity index (χ0n) is 15.2. The van der Waals surface area contributed by atoms with Crippen LogP contribution in [0.15, 0.2) is 42.5 Å². The lowest BCUT2D eigenvalue weighted by Crippen LogP contribution is -2.32. The molecule has 2 aromatic rings. The van der Waals surface area contributed by atoms with Crippen molar-refractivity contribution in [3.05, 3.63) is 68.7 Å². The molecule has 0 radical (unpaired) electrons. The molecule has 0 aromatic heterocycles. The summed E-state index contributed by atoms with van der Waals surface area (Å²) in [7, 11) is 0. The fraction of sp³-hybridized carbons (Fsp3) is 0.409. The lowest BCUT2D eigenvalue weighted by atomic mass is 9.63. The van der Waals surface area contributed by atoms with E-state index in [1.807, 2.05) is 29.2 Å². The van der Waals surface area contributed by atoms with Crippen molar-refractivity contribution in [1.29, 1.82) is 0 Å². The molecule has 1 aliphatic carbocycles. The number of likely N-dealkylation sites (tertiary alicyclic amines) is 1. The highest BCUT2D eigenvalue weighted by molar-refractivity contribution is 6.35. The smallest absolute Gasteiger partial charge is 0.219 e. The number of carbonyl (C=O) groups excluding carboxylic acids is 1. The van der Waals surface area contributed by atoms with Gasteiger partial charge in [0, 0.05) is 35.1 Å². The van der Waals surface area contributed by atoms with Crippen molar-refractivity contribution in [2.45, 2.75) is 31.6 Å². The Morgan fingerprint density at radius 2 is 1.67 bits per heavy atom. The van der Waals surface area contributed by atoms with E-state index >= 15 is 0 Å². The van der Waals surface area contributed by atoms with Gasteiger partial charge in [0.1, 0.15) is 0 Å². The number of nitrogens with zero attached hydrogens (tertiary/aromatic N) is 1. The summed E-state index contributed by atoms with van der Waals surface area (Å²) in [6, 6.07) is 14.0. The molecule has 0 N–H and O–H groups in total. The third-order valence-corrected chi connectivity index (χ3v) is 7.11. The summed E-state index contributed by atoms with van der Waals surface area (Å²) in [5.74, 6) is 1.76. The molecule has 2 aliphatic rings. The average Bonchev–Trinajstić information content (AvgIpc) is 3.07. The molecule has 5 heteroatoms. The van der Waals surface area contributed by atoms with Crippen molar-refractivity contribution in [2.75, 3.05) is 13.1 Å². The first-order valence-corrected chi connectivity index (χ1v) is 10.5. The number of halogens is 3. The van der Waals surface area contributed by atoms with Gasteiger partial charge >= 0.3 is 0 Å². The fourth-order valence-corrected chi connectivity index (χ4v) is 5.73. The average molecular weight is 423 g/mol. The van der Waals surface area contributed by atoms with Crippen LogP contribution in [-0.2, 0) is 4.79 Å². The van der Waals surface area contributed by atoms with Crippen LogP contribution in [0.25, 0.3) is 0 Å². The van der Waals surface area contributed by atoms with E-state index in [1.165, 1.54) is 5.56 Å². The largest absolute Gasteiger partial charge is 0.342 e. The quantitative estimate of drug-likeness (QED) is 0.548. The van der Waals surface area contributed by atoms with Crippen molar-refractivity contribution in [3.63, 3.8) is 0 Å². The highest BCUT2D eigenvalue weighted by atomic mass is 35.5. The molecule has 2 fully saturated rings. The molecule has 4 unspecified atom stereocenters. The van der Waals surface area contributed by atoms with E-state index in [0.717, 1.165) is 41.5 Å². The van der Waals surface area contributed by atoms with E-state index < -0.39 is 0 Å². The second-order valence-corrected chi connectivity index (χ2v) is 9.06. The first-order valence-electron chi connectivity index (χ1n) is 9.40. The topological polar surface area (TPSA) is 20.3 Å². The van der Waals surface area contributed by atoms with Crippen LogP contribution in [0.1, 0.15) is 42.7 Å². The van der Waals surface area contributed by atoms with Gasteiger partial charge in [-0.2, -0.15) is 0 Å². The maximum Gasteiger partial charge on any atom is 0.219 e. The van der Waals surface area contributed by atoms with Gasteiger partial charge in [-0.3, -0.25) is 4.79 Å². The highest BCUT2D eigenvalue weighted by Crippen LogP contribution is 2.53. The minimum atomic E-state index is 0.167. The first kappa shape index (κ1) is 19.1. The summed E-state index contributed by atoms with van der Waals surface area (Å²) < 4.78 is 0. The monoisotopic (exact) mass is 421 g/mol. The molecule has 4 rings (SSSR count). The number of fused-ring (bicyclic) bond motifs is 1. The first-order chi connectivity index (χ1) is 12.9. The van der Waals surface area contributed by atoms with Gasteiger partial charge in [-0.05, 0) is 71.9 Å². The third kappa shape index (κ3) is 3.72. The molecule has 142 valence electrons. The summed E-state index contributed by atoms with van der Waals surface area (Å²) >= 11 is 18.9. The predicted molar refractivity (Wildman–Crippen MR) is 112 cm³/mol. The van der Waals surface area contributed by atoms with Crippen molar-refractivity contribution < 1.29 is 4.79 Å². The molecule has 27 heavy (non-hydrogen) atoms. The minimum Gasteiger partial charge on any atom is -0.342 e. The van der Waals surface area contributed by atoms with Crippen molar-refractivity contribution in [2.24, 2.45) is 11.8 Å².